The number of aryl methyl sites for hydroxylation is 2. The third kappa shape index (κ3) is 20.3. The summed E-state index contributed by atoms with van der Waals surface area (Å²) in [7, 11) is -3.02. The summed E-state index contributed by atoms with van der Waals surface area (Å²) in [5, 5.41) is 21.4. The van der Waals surface area contributed by atoms with Gasteiger partial charge >= 0.3 is 29.8 Å². The number of fused-ring (bicyclic) bond motifs is 10. The summed E-state index contributed by atoms with van der Waals surface area (Å²) in [6.45, 7) is 3.72. The minimum absolute atomic E-state index is 0.00264. The first-order valence-electron chi connectivity index (χ1n) is 38.9. The van der Waals surface area contributed by atoms with Gasteiger partial charge in [0.05, 0.1) is 113 Å². The summed E-state index contributed by atoms with van der Waals surface area (Å²) in [5.74, 6) is -1.16. The fraction of sp³-hybridized carbons (Fsp3) is 0.434. The van der Waals surface area contributed by atoms with Crippen LogP contribution in [-0.4, -0.2) is 159 Å². The number of hydrogen-bond donors (Lipinski definition) is 2. The minimum atomic E-state index is -4.01. The number of nitrogens with zero attached hydrogens (tertiary/aromatic N) is 10. The third-order valence-electron chi connectivity index (χ3n) is 23.8. The fourth-order valence-corrected chi connectivity index (χ4v) is 21.5. The van der Waals surface area contributed by atoms with E-state index in [0.717, 1.165) is 96.0 Å². The van der Waals surface area contributed by atoms with E-state index in [-0.39, 0.29) is 137 Å². The molecule has 9 aliphatic rings. The summed E-state index contributed by atoms with van der Waals surface area (Å²) in [6, 6.07) is 15.4. The van der Waals surface area contributed by atoms with Crippen LogP contribution in [0.1, 0.15) is 87.4 Å². The average Bonchev–Trinajstić information content (AvgIpc) is 1.59. The van der Waals surface area contributed by atoms with E-state index in [0.29, 0.717) is 63.6 Å². The molecule has 0 spiro atoms. The maximum absolute atomic E-state index is 15.0. The van der Waals surface area contributed by atoms with Gasteiger partial charge in [-0.1, -0.05) is 95.1 Å². The monoisotopic (exact) mass is 1760 g/mol. The van der Waals surface area contributed by atoms with Crippen molar-refractivity contribution in [1.29, 1.82) is 0 Å². The van der Waals surface area contributed by atoms with E-state index in [1.807, 2.05) is 26.0 Å². The zero-order chi connectivity index (χ0) is 87.6. The van der Waals surface area contributed by atoms with E-state index in [1.54, 1.807) is 30.3 Å². The van der Waals surface area contributed by atoms with Gasteiger partial charge in [-0.25, -0.2) is 68.3 Å². The Hall–Kier alpha value is -10.5. The number of methoxy groups -OCH3 is 5. The third-order valence-corrected chi connectivity index (χ3v) is 28.4. The van der Waals surface area contributed by atoms with Crippen LogP contribution in [0.5, 0.6) is 0 Å². The molecular weight excluding hydrogens is 1670 g/mol. The van der Waals surface area contributed by atoms with Gasteiger partial charge in [0.15, 0.2) is 39.6 Å². The van der Waals surface area contributed by atoms with E-state index in [4.69, 9.17) is 48.9 Å². The molecule has 9 aliphatic carbocycles. The SMILES string of the molecule is C1=CCC=C1.COC(=O)/C=C/[N+](=O)[O-].COC(=O)[C@H]1C2C=CC(C2)[C@@H]1[N+](=O)[O-].COC(=O)[C@H]1C2CCC(C2)C1Cc1nc(-c2cn(S(=O)(=O)c3ccc(C)cc3)c3ncc(Cl)cc23)ncc1F.COC(=O)[C@H]1C2CCC(C2)[C@@H]1N.COC(=O)[C@H]1C2CCC(C2)[C@@H]1N.Cc1ccc(S(=O)(=O)n2cc(-c3ncc(F)c(S(C)=O)n3)c3cc(Cl)cnc32)cc1. The molecule has 0 saturated heterocycles. The molecular formula is C83H92Cl2F2N12O19S3. The van der Waals surface area contributed by atoms with Crippen molar-refractivity contribution in [1.82, 2.24) is 37.8 Å². The van der Waals surface area contributed by atoms with E-state index in [2.05, 4.69) is 63.7 Å². The molecule has 7 fully saturated rings. The number of nitrogens with two attached hydrogens (primary N) is 2. The smallest absolute Gasteiger partial charge is 0.336 e. The molecule has 31 nitrogen and oxygen atoms in total. The zero-order valence-corrected chi connectivity index (χ0v) is 71.2. The number of hydrogen-bond acceptors (Lipinski definition) is 27. The van der Waals surface area contributed by atoms with Gasteiger partial charge in [0.25, 0.3) is 20.0 Å². The van der Waals surface area contributed by atoms with Gasteiger partial charge in [-0.2, -0.15) is 0 Å². The highest BCUT2D eigenvalue weighted by molar-refractivity contribution is 7.90. The molecule has 8 bridgehead atoms. The number of esters is 5. The second-order valence-corrected chi connectivity index (χ2v) is 36.6. The molecule has 121 heavy (non-hydrogen) atoms. The van der Waals surface area contributed by atoms with Gasteiger partial charge < -0.3 is 35.2 Å². The molecule has 17 rings (SSSR count). The van der Waals surface area contributed by atoms with Crippen molar-refractivity contribution in [2.45, 2.75) is 124 Å². The summed E-state index contributed by atoms with van der Waals surface area (Å²) in [6.07, 6.45) is 34.1. The second-order valence-electron chi connectivity index (χ2n) is 30.8. The number of benzene rings is 2. The summed E-state index contributed by atoms with van der Waals surface area (Å²) in [4.78, 5) is 101. The Labute approximate surface area is 709 Å². The highest BCUT2D eigenvalue weighted by Crippen LogP contribution is 2.55. The van der Waals surface area contributed by atoms with Crippen LogP contribution in [0.4, 0.5) is 8.78 Å². The standard InChI is InChI=1S/C28H26ClFN4O4S.C19H14ClFN4O3S2.C9H11NO4.2C9H15NO2.C5H6.C4H5NO4/c1-15-3-7-19(8-4-15)39(36,37)34-14-22(21-10-18(29)12-32-27(21)34)26-31-13-23(30)24(33-26)11-20-16-5-6-17(9-16)25(20)28(35)38-2;1-11-3-5-13(6-4-11)30(27,28)25-10-15(14-7-12(20)8-23-18(14)25)17-22-9-16(21)19(24-17)29(2)26;1-14-9(11)7-5-2-3-6(4-5)8(7)10(12)13;2*1-12-9(11)7-5-2-3-6(4-5)8(7)10;1-2-4-5-3-1;1-9-4(6)2-3-5(7)8/h3-4,7-8,10,12-14,16-17,20,25H,5-6,9,11H2,1-2H3;3-10H,1-2H3;2-3,5-8H,4H2,1H3;2*5-8H,2-4,10H2,1H3;1-4H,5H2;2-3H,1H3/b;;;;;;3-2+/t16?,17?,20?,25-;;3*5?,6?,7-,8-;;/m0.000../s1. The molecule has 8 aromatic rings. The Balaban J connectivity index is 0.000000152. The number of ether oxygens (including phenoxy) is 5. The minimum Gasteiger partial charge on any atom is -0.469 e. The van der Waals surface area contributed by atoms with Crippen LogP contribution in [0.3, 0.4) is 0 Å². The molecule has 10 unspecified atom stereocenters. The van der Waals surface area contributed by atoms with Crippen LogP contribution >= 0.6 is 23.2 Å². The van der Waals surface area contributed by atoms with Gasteiger partial charge in [0.1, 0.15) is 5.92 Å². The highest BCUT2D eigenvalue weighted by Gasteiger charge is 2.57. The van der Waals surface area contributed by atoms with Crippen molar-refractivity contribution in [2.24, 2.45) is 88.4 Å². The Bertz CT molecular complexity index is 5570. The number of halogens is 4. The van der Waals surface area contributed by atoms with Crippen molar-refractivity contribution < 1.29 is 87.3 Å². The molecule has 644 valence electrons. The number of pyridine rings is 2. The molecule has 0 amide bonds. The number of nitro groups is 2. The molecule has 0 radical (unpaired) electrons. The van der Waals surface area contributed by atoms with E-state index < -0.39 is 71.3 Å². The van der Waals surface area contributed by atoms with E-state index >= 15 is 4.39 Å². The quantitative estimate of drug-likeness (QED) is 0.0172. The number of rotatable bonds is 16. The number of carbonyl (C=O) groups is 5. The maximum Gasteiger partial charge on any atom is 0.336 e. The Morgan fingerprint density at radius 1 is 0.570 bits per heavy atom. The lowest BCUT2D eigenvalue weighted by atomic mass is 9.77. The molecule has 6 heterocycles. The van der Waals surface area contributed by atoms with Gasteiger partial charge in [0.2, 0.25) is 12.2 Å². The summed E-state index contributed by atoms with van der Waals surface area (Å²) < 4.78 is 120. The Morgan fingerprint density at radius 3 is 1.41 bits per heavy atom. The maximum atomic E-state index is 15.0. The molecule has 38 heteroatoms. The largest absolute Gasteiger partial charge is 0.469 e. The van der Waals surface area contributed by atoms with Crippen LogP contribution in [0.25, 0.3) is 44.8 Å². The first-order valence-corrected chi connectivity index (χ1v) is 44.1. The lowest BCUT2D eigenvalue weighted by molar-refractivity contribution is -0.533. The van der Waals surface area contributed by atoms with E-state index in [1.165, 1.54) is 103 Å². The van der Waals surface area contributed by atoms with Crippen molar-refractivity contribution >= 4 is 106 Å². The Kier molecular flexibility index (Phi) is 29.8. The first kappa shape index (κ1) is 91.2. The number of allylic oxidation sites excluding steroid dienone is 5. The van der Waals surface area contributed by atoms with Crippen LogP contribution in [0, 0.1) is 123 Å². The fourth-order valence-electron chi connectivity index (χ4n) is 18.0. The molecule has 2 aromatic carbocycles. The van der Waals surface area contributed by atoms with Crippen LogP contribution in [0.15, 0.2) is 161 Å². The normalized spacial score (nSPS) is 25.2. The van der Waals surface area contributed by atoms with Gasteiger partial charge in [-0.3, -0.25) is 43.6 Å². The lowest BCUT2D eigenvalue weighted by Gasteiger charge is -2.29. The van der Waals surface area contributed by atoms with Crippen molar-refractivity contribution in [2.75, 3.05) is 41.8 Å². The lowest BCUT2D eigenvalue weighted by Crippen LogP contribution is -2.40. The van der Waals surface area contributed by atoms with Gasteiger partial charge in [-0.05, 0) is 175 Å². The number of carbonyl (C=O) groups excluding carboxylic acids is 5. The summed E-state index contributed by atoms with van der Waals surface area (Å²) >= 11 is 12.3. The zero-order valence-electron chi connectivity index (χ0n) is 67.2. The molecule has 17 atom stereocenters. The molecule has 4 N–H and O–H groups in total. The van der Waals surface area contributed by atoms with Crippen LogP contribution in [-0.2, 0) is 84.9 Å². The topological polar surface area (TPSA) is 442 Å². The predicted octanol–water partition coefficient (Wildman–Crippen LogP) is 11.9. The molecule has 6 aromatic heterocycles. The van der Waals surface area contributed by atoms with Crippen molar-refractivity contribution in [3.05, 3.63) is 205 Å². The molecule has 0 aliphatic heterocycles. The average molecular weight is 1770 g/mol. The molecule has 7 saturated carbocycles. The van der Waals surface area contributed by atoms with E-state index in [9.17, 15) is 69.6 Å². The first-order chi connectivity index (χ1) is 57.6. The van der Waals surface area contributed by atoms with Crippen LogP contribution in [0.2, 0.25) is 10.0 Å². The second kappa shape index (κ2) is 39.6. The van der Waals surface area contributed by atoms with Crippen molar-refractivity contribution in [3.63, 3.8) is 0 Å². The van der Waals surface area contributed by atoms with Crippen LogP contribution < -0.4 is 11.5 Å². The summed E-state index contributed by atoms with van der Waals surface area (Å²) in [5.41, 5.74) is 14.8. The highest BCUT2D eigenvalue weighted by atomic mass is 35.5. The van der Waals surface area contributed by atoms with Gasteiger partial charge in [0, 0.05) is 75.9 Å². The number of aromatic nitrogens is 8. The van der Waals surface area contributed by atoms with Gasteiger partial charge in [-0.15, -0.1) is 0 Å². The Morgan fingerprint density at radius 2 is 0.992 bits per heavy atom. The van der Waals surface area contributed by atoms with Crippen molar-refractivity contribution in [3.8, 4) is 22.8 Å². The predicted molar refractivity (Wildman–Crippen MR) is 442 cm³/mol.